The summed E-state index contributed by atoms with van der Waals surface area (Å²) < 4.78 is 19.9. The highest BCUT2D eigenvalue weighted by atomic mass is 35.5. The molecule has 1 N–H and O–H groups in total. The molecule has 0 radical (unpaired) electrons. The molecule has 20 heavy (non-hydrogen) atoms. The lowest BCUT2D eigenvalue weighted by Crippen LogP contribution is -2.63. The van der Waals surface area contributed by atoms with Crippen LogP contribution in [0.2, 0.25) is 5.02 Å². The van der Waals surface area contributed by atoms with Crippen LogP contribution >= 0.6 is 11.6 Å². The molecule has 0 heterocycles. The third-order valence-electron chi connectivity index (χ3n) is 4.96. The van der Waals surface area contributed by atoms with Gasteiger partial charge in [-0.15, -0.1) is 0 Å². The summed E-state index contributed by atoms with van der Waals surface area (Å²) in [5.74, 6) is -0.141. The second-order valence-electron chi connectivity index (χ2n) is 5.94. The van der Waals surface area contributed by atoms with Gasteiger partial charge in [-0.05, 0) is 31.5 Å². The molecule has 0 aromatic heterocycles. The average molecular weight is 298 g/mol. The Kier molecular flexibility index (Phi) is 3.91. The highest BCUT2D eigenvalue weighted by Crippen LogP contribution is 2.54. The first kappa shape index (κ1) is 14.2. The zero-order valence-corrected chi connectivity index (χ0v) is 12.5. The number of benzene rings is 1. The van der Waals surface area contributed by atoms with Crippen LogP contribution in [0.15, 0.2) is 18.2 Å². The third-order valence-corrected chi connectivity index (χ3v) is 5.25. The smallest absolute Gasteiger partial charge is 0.183 e. The van der Waals surface area contributed by atoms with Crippen molar-refractivity contribution in [3.05, 3.63) is 29.0 Å². The normalized spacial score (nSPS) is 27.6. The number of nitrogens with one attached hydrogen (secondary N) is 1. The molecule has 2 saturated carbocycles. The topological polar surface area (TPSA) is 21.3 Å². The average Bonchev–Trinajstić information content (AvgIpc) is 2.95. The van der Waals surface area contributed by atoms with E-state index in [2.05, 4.69) is 12.2 Å². The van der Waals surface area contributed by atoms with Gasteiger partial charge >= 0.3 is 0 Å². The van der Waals surface area contributed by atoms with Gasteiger partial charge in [-0.1, -0.05) is 37.4 Å². The van der Waals surface area contributed by atoms with E-state index in [4.69, 9.17) is 16.3 Å². The molecule has 2 fully saturated rings. The van der Waals surface area contributed by atoms with Crippen molar-refractivity contribution in [2.75, 3.05) is 6.54 Å². The number of ether oxygens (including phenoxy) is 1. The van der Waals surface area contributed by atoms with Crippen LogP contribution in [0, 0.1) is 11.2 Å². The lowest BCUT2D eigenvalue weighted by molar-refractivity contribution is -0.0770. The second-order valence-corrected chi connectivity index (χ2v) is 6.35. The molecule has 2 aliphatic carbocycles. The summed E-state index contributed by atoms with van der Waals surface area (Å²) in [6, 6.07) is 5.48. The van der Waals surface area contributed by atoms with Crippen LogP contribution in [-0.2, 0) is 0 Å². The van der Waals surface area contributed by atoms with Gasteiger partial charge in [-0.2, -0.15) is 0 Å². The molecule has 110 valence electrons. The fourth-order valence-corrected chi connectivity index (χ4v) is 4.04. The second kappa shape index (κ2) is 5.53. The largest absolute Gasteiger partial charge is 0.487 e. The van der Waals surface area contributed by atoms with E-state index in [1.165, 1.54) is 25.7 Å². The molecule has 0 aliphatic heterocycles. The summed E-state index contributed by atoms with van der Waals surface area (Å²) in [6.45, 7) is 3.11. The molecule has 2 atom stereocenters. The standard InChI is InChI=1S/C16H21ClFNO/c1-2-19-13-10-14(16(13)8-3-4-9-16)20-12-7-5-6-11(17)15(12)18/h5-7,13-14,19H,2-4,8-10H2,1H3. The quantitative estimate of drug-likeness (QED) is 0.900. The van der Waals surface area contributed by atoms with E-state index in [9.17, 15) is 4.39 Å². The van der Waals surface area contributed by atoms with Crippen molar-refractivity contribution in [2.45, 2.75) is 51.2 Å². The number of hydrogen-bond donors (Lipinski definition) is 1. The van der Waals surface area contributed by atoms with Crippen molar-refractivity contribution in [3.8, 4) is 5.75 Å². The van der Waals surface area contributed by atoms with E-state index in [0.717, 1.165) is 13.0 Å². The van der Waals surface area contributed by atoms with E-state index in [-0.39, 0.29) is 16.5 Å². The van der Waals surface area contributed by atoms with Gasteiger partial charge in [0.05, 0.1) is 5.02 Å². The predicted octanol–water partition coefficient (Wildman–Crippen LogP) is 4.17. The minimum absolute atomic E-state index is 0.113. The maximum atomic E-state index is 14.0. The van der Waals surface area contributed by atoms with Gasteiger partial charge in [0.25, 0.3) is 0 Å². The molecule has 1 aromatic carbocycles. The van der Waals surface area contributed by atoms with Gasteiger partial charge in [0.15, 0.2) is 11.6 Å². The lowest BCUT2D eigenvalue weighted by atomic mass is 9.60. The fourth-order valence-electron chi connectivity index (χ4n) is 3.88. The van der Waals surface area contributed by atoms with Crippen LogP contribution in [0.25, 0.3) is 0 Å². The van der Waals surface area contributed by atoms with Crippen LogP contribution in [-0.4, -0.2) is 18.7 Å². The molecule has 1 spiro atoms. The van der Waals surface area contributed by atoms with Crippen LogP contribution in [0.3, 0.4) is 0 Å². The minimum atomic E-state index is -0.436. The van der Waals surface area contributed by atoms with E-state index in [1.807, 2.05) is 0 Å². The van der Waals surface area contributed by atoms with Crippen molar-refractivity contribution in [2.24, 2.45) is 5.41 Å². The number of hydrogen-bond acceptors (Lipinski definition) is 2. The minimum Gasteiger partial charge on any atom is -0.487 e. The molecule has 2 aliphatic rings. The van der Waals surface area contributed by atoms with Gasteiger partial charge < -0.3 is 10.1 Å². The van der Waals surface area contributed by atoms with Gasteiger partial charge in [0.2, 0.25) is 0 Å². The van der Waals surface area contributed by atoms with Crippen molar-refractivity contribution in [3.63, 3.8) is 0 Å². The van der Waals surface area contributed by atoms with Crippen molar-refractivity contribution in [1.29, 1.82) is 0 Å². The Morgan fingerprint density at radius 2 is 2.15 bits per heavy atom. The Balaban J connectivity index is 1.76. The maximum Gasteiger partial charge on any atom is 0.183 e. The summed E-state index contributed by atoms with van der Waals surface area (Å²) in [6.07, 6.45) is 5.93. The molecule has 0 amide bonds. The Morgan fingerprint density at radius 1 is 1.40 bits per heavy atom. The molecule has 2 nitrogen and oxygen atoms in total. The molecule has 2 unspecified atom stereocenters. The first-order valence-electron chi connectivity index (χ1n) is 7.51. The Morgan fingerprint density at radius 3 is 2.85 bits per heavy atom. The molecular formula is C16H21ClFNO. The van der Waals surface area contributed by atoms with Crippen molar-refractivity contribution in [1.82, 2.24) is 5.32 Å². The summed E-state index contributed by atoms with van der Waals surface area (Å²) in [7, 11) is 0. The third kappa shape index (κ3) is 2.21. The first-order valence-corrected chi connectivity index (χ1v) is 7.89. The monoisotopic (exact) mass is 297 g/mol. The first-order chi connectivity index (χ1) is 9.67. The molecular weight excluding hydrogens is 277 g/mol. The van der Waals surface area contributed by atoms with Crippen LogP contribution in [0.1, 0.15) is 39.0 Å². The van der Waals surface area contributed by atoms with E-state index in [1.54, 1.807) is 18.2 Å². The fraction of sp³-hybridized carbons (Fsp3) is 0.625. The summed E-state index contributed by atoms with van der Waals surface area (Å²) in [5, 5.41) is 3.69. The van der Waals surface area contributed by atoms with Crippen LogP contribution in [0.5, 0.6) is 5.75 Å². The Bertz CT molecular complexity index is 487. The van der Waals surface area contributed by atoms with Crippen LogP contribution < -0.4 is 10.1 Å². The van der Waals surface area contributed by atoms with Gasteiger partial charge in [0, 0.05) is 17.9 Å². The van der Waals surface area contributed by atoms with Crippen molar-refractivity contribution >= 4 is 11.6 Å². The lowest BCUT2D eigenvalue weighted by Gasteiger charge is -2.54. The predicted molar refractivity (Wildman–Crippen MR) is 78.8 cm³/mol. The molecule has 4 heteroatoms. The van der Waals surface area contributed by atoms with E-state index < -0.39 is 5.82 Å². The van der Waals surface area contributed by atoms with E-state index >= 15 is 0 Å². The van der Waals surface area contributed by atoms with Gasteiger partial charge in [-0.3, -0.25) is 0 Å². The SMILES string of the molecule is CCNC1CC(Oc2cccc(Cl)c2F)C12CCCC2. The Hall–Kier alpha value is -0.800. The molecule has 0 saturated heterocycles. The van der Waals surface area contributed by atoms with Gasteiger partial charge in [0.1, 0.15) is 6.10 Å². The maximum absolute atomic E-state index is 14.0. The molecule has 1 aromatic rings. The highest BCUT2D eigenvalue weighted by molar-refractivity contribution is 6.30. The van der Waals surface area contributed by atoms with E-state index in [0.29, 0.717) is 11.8 Å². The number of halogens is 2. The zero-order chi connectivity index (χ0) is 14.2. The highest BCUT2D eigenvalue weighted by Gasteiger charge is 2.57. The summed E-state index contributed by atoms with van der Waals surface area (Å²) in [4.78, 5) is 0. The van der Waals surface area contributed by atoms with Crippen molar-refractivity contribution < 1.29 is 9.13 Å². The summed E-state index contributed by atoms with van der Waals surface area (Å²) in [5.41, 5.74) is 0.199. The molecule has 0 bridgehead atoms. The van der Waals surface area contributed by atoms with Gasteiger partial charge in [-0.25, -0.2) is 4.39 Å². The van der Waals surface area contributed by atoms with Crippen LogP contribution in [0.4, 0.5) is 4.39 Å². The summed E-state index contributed by atoms with van der Waals surface area (Å²) >= 11 is 5.82. The Labute approximate surface area is 124 Å². The molecule has 3 rings (SSSR count). The zero-order valence-electron chi connectivity index (χ0n) is 11.8. The number of rotatable bonds is 4.